The van der Waals surface area contributed by atoms with Gasteiger partial charge in [-0.2, -0.15) is 0 Å². The average Bonchev–Trinajstić information content (AvgIpc) is 2.29. The van der Waals surface area contributed by atoms with E-state index in [4.69, 9.17) is 0 Å². The molecule has 0 spiro atoms. The molecule has 2 heteroatoms. The van der Waals surface area contributed by atoms with Crippen molar-refractivity contribution in [3.05, 3.63) is 0 Å². The minimum atomic E-state index is 0.596. The maximum atomic E-state index is 3.54. The van der Waals surface area contributed by atoms with Gasteiger partial charge >= 0.3 is 0 Å². The summed E-state index contributed by atoms with van der Waals surface area (Å²) in [6, 6.07) is 1.25. The van der Waals surface area contributed by atoms with Crippen molar-refractivity contribution in [3.8, 4) is 0 Å². The molecule has 2 nitrogen and oxygen atoms in total. The van der Waals surface area contributed by atoms with Gasteiger partial charge in [-0.15, -0.1) is 0 Å². The van der Waals surface area contributed by atoms with E-state index in [0.717, 1.165) is 6.54 Å². The lowest BCUT2D eigenvalue weighted by Gasteiger charge is -2.33. The Balaban J connectivity index is 4.11. The van der Waals surface area contributed by atoms with Crippen LogP contribution in [0.25, 0.3) is 0 Å². The number of rotatable bonds is 10. The Morgan fingerprint density at radius 3 is 1.81 bits per heavy atom. The molecule has 0 fully saturated rings. The number of nitrogens with one attached hydrogen (secondary N) is 1. The molecule has 1 N–H and O–H groups in total. The van der Waals surface area contributed by atoms with Crippen molar-refractivity contribution in [2.24, 2.45) is 0 Å². The molecule has 0 radical (unpaired) electrons. The topological polar surface area (TPSA) is 15.3 Å². The summed E-state index contributed by atoms with van der Waals surface area (Å²) in [7, 11) is 0. The van der Waals surface area contributed by atoms with Crippen molar-refractivity contribution in [2.75, 3.05) is 19.6 Å². The molecule has 0 heterocycles. The highest BCUT2D eigenvalue weighted by molar-refractivity contribution is 4.77. The minimum Gasteiger partial charge on any atom is -0.313 e. The van der Waals surface area contributed by atoms with E-state index in [0.29, 0.717) is 12.1 Å². The van der Waals surface area contributed by atoms with E-state index >= 15 is 0 Å². The third-order valence-electron chi connectivity index (χ3n) is 3.42. The van der Waals surface area contributed by atoms with E-state index in [-0.39, 0.29) is 0 Å². The molecular weight excluding hydrogens is 196 g/mol. The first-order chi connectivity index (χ1) is 7.67. The van der Waals surface area contributed by atoms with Crippen LogP contribution in [-0.2, 0) is 0 Å². The van der Waals surface area contributed by atoms with Crippen molar-refractivity contribution < 1.29 is 0 Å². The predicted octanol–water partition coefficient (Wildman–Crippen LogP) is 3.28. The van der Waals surface area contributed by atoms with Gasteiger partial charge in [0.15, 0.2) is 0 Å². The average molecular weight is 228 g/mol. The fourth-order valence-corrected chi connectivity index (χ4v) is 2.05. The molecule has 0 aliphatic carbocycles. The monoisotopic (exact) mass is 228 g/mol. The number of unbranched alkanes of at least 4 members (excludes halogenated alkanes) is 2. The maximum Gasteiger partial charge on any atom is 0.0218 e. The van der Waals surface area contributed by atoms with Gasteiger partial charge in [-0.05, 0) is 46.3 Å². The van der Waals surface area contributed by atoms with Crippen molar-refractivity contribution >= 4 is 0 Å². The van der Waals surface area contributed by atoms with Gasteiger partial charge in [0.1, 0.15) is 0 Å². The van der Waals surface area contributed by atoms with Gasteiger partial charge < -0.3 is 5.32 Å². The van der Waals surface area contributed by atoms with Crippen LogP contribution in [0, 0.1) is 0 Å². The van der Waals surface area contributed by atoms with Crippen LogP contribution in [0.3, 0.4) is 0 Å². The summed E-state index contributed by atoms with van der Waals surface area (Å²) < 4.78 is 0. The fourth-order valence-electron chi connectivity index (χ4n) is 2.05. The van der Waals surface area contributed by atoms with Crippen molar-refractivity contribution in [1.29, 1.82) is 0 Å². The summed E-state index contributed by atoms with van der Waals surface area (Å²) >= 11 is 0. The SMILES string of the molecule is CCCCN(CCCC)C(C)C(C)NCC. The first-order valence-corrected chi connectivity index (χ1v) is 7.14. The lowest BCUT2D eigenvalue weighted by atomic mass is 10.1. The molecular formula is C14H32N2. The minimum absolute atomic E-state index is 0.596. The van der Waals surface area contributed by atoms with Crippen LogP contribution in [0.4, 0.5) is 0 Å². The first kappa shape index (κ1) is 15.9. The van der Waals surface area contributed by atoms with E-state index in [1.807, 2.05) is 0 Å². The summed E-state index contributed by atoms with van der Waals surface area (Å²) in [5.74, 6) is 0. The van der Waals surface area contributed by atoms with Gasteiger partial charge in [0, 0.05) is 12.1 Å². The van der Waals surface area contributed by atoms with Gasteiger partial charge in [-0.25, -0.2) is 0 Å². The van der Waals surface area contributed by atoms with Crippen LogP contribution in [-0.4, -0.2) is 36.6 Å². The second-order valence-electron chi connectivity index (χ2n) is 4.83. The zero-order valence-corrected chi connectivity index (χ0v) is 12.1. The molecule has 0 aromatic carbocycles. The Kier molecular flexibility index (Phi) is 10.0. The van der Waals surface area contributed by atoms with Crippen LogP contribution < -0.4 is 5.32 Å². The Bertz CT molecular complexity index is 140. The molecule has 0 amide bonds. The fraction of sp³-hybridized carbons (Fsp3) is 1.00. The van der Waals surface area contributed by atoms with Crippen molar-refractivity contribution in [2.45, 2.75) is 72.4 Å². The smallest absolute Gasteiger partial charge is 0.0218 e. The summed E-state index contributed by atoms with van der Waals surface area (Å²) in [5.41, 5.74) is 0. The summed E-state index contributed by atoms with van der Waals surface area (Å²) in [6.45, 7) is 15.0. The highest BCUT2D eigenvalue weighted by Crippen LogP contribution is 2.08. The zero-order chi connectivity index (χ0) is 12.4. The molecule has 0 aliphatic heterocycles. The normalized spacial score (nSPS) is 15.4. The molecule has 16 heavy (non-hydrogen) atoms. The van der Waals surface area contributed by atoms with Crippen LogP contribution in [0.2, 0.25) is 0 Å². The van der Waals surface area contributed by atoms with E-state index in [1.54, 1.807) is 0 Å². The Morgan fingerprint density at radius 1 is 0.938 bits per heavy atom. The third-order valence-corrected chi connectivity index (χ3v) is 3.42. The van der Waals surface area contributed by atoms with Crippen LogP contribution in [0.15, 0.2) is 0 Å². The van der Waals surface area contributed by atoms with E-state index in [9.17, 15) is 0 Å². The lowest BCUT2D eigenvalue weighted by Crippen LogP contribution is -2.47. The van der Waals surface area contributed by atoms with E-state index < -0.39 is 0 Å². The maximum absolute atomic E-state index is 3.54. The highest BCUT2D eigenvalue weighted by Gasteiger charge is 2.18. The summed E-state index contributed by atoms with van der Waals surface area (Å²) in [6.07, 6.45) is 5.25. The van der Waals surface area contributed by atoms with Gasteiger partial charge in [-0.1, -0.05) is 33.6 Å². The second kappa shape index (κ2) is 10.1. The lowest BCUT2D eigenvalue weighted by molar-refractivity contribution is 0.170. The Morgan fingerprint density at radius 2 is 1.44 bits per heavy atom. The van der Waals surface area contributed by atoms with Crippen LogP contribution in [0.5, 0.6) is 0 Å². The highest BCUT2D eigenvalue weighted by atomic mass is 15.2. The van der Waals surface area contributed by atoms with Gasteiger partial charge in [0.2, 0.25) is 0 Å². The molecule has 2 unspecified atom stereocenters. The second-order valence-corrected chi connectivity index (χ2v) is 4.83. The standard InChI is InChI=1S/C14H32N2/c1-6-9-11-16(12-10-7-2)14(5)13(4)15-8-3/h13-15H,6-12H2,1-5H3. The number of hydrogen-bond donors (Lipinski definition) is 1. The molecule has 0 saturated heterocycles. The van der Waals surface area contributed by atoms with Gasteiger partial charge in [0.25, 0.3) is 0 Å². The summed E-state index contributed by atoms with van der Waals surface area (Å²) in [5, 5.41) is 3.54. The quantitative estimate of drug-likeness (QED) is 0.617. The molecule has 0 aliphatic rings. The van der Waals surface area contributed by atoms with Crippen LogP contribution >= 0.6 is 0 Å². The molecule has 0 rings (SSSR count). The van der Waals surface area contributed by atoms with E-state index in [2.05, 4.69) is 44.8 Å². The zero-order valence-electron chi connectivity index (χ0n) is 12.1. The van der Waals surface area contributed by atoms with Gasteiger partial charge in [-0.3, -0.25) is 4.90 Å². The molecule has 98 valence electrons. The van der Waals surface area contributed by atoms with Crippen molar-refractivity contribution in [3.63, 3.8) is 0 Å². The molecule has 0 aromatic rings. The predicted molar refractivity (Wildman–Crippen MR) is 74.0 cm³/mol. The number of hydrogen-bond acceptors (Lipinski definition) is 2. The van der Waals surface area contributed by atoms with E-state index in [1.165, 1.54) is 38.8 Å². The number of likely N-dealkylation sites (N-methyl/N-ethyl adjacent to an activating group) is 1. The van der Waals surface area contributed by atoms with Crippen molar-refractivity contribution in [1.82, 2.24) is 10.2 Å². The largest absolute Gasteiger partial charge is 0.313 e. The molecule has 0 aromatic heterocycles. The van der Waals surface area contributed by atoms with Crippen LogP contribution in [0.1, 0.15) is 60.3 Å². The number of nitrogens with zero attached hydrogens (tertiary/aromatic N) is 1. The first-order valence-electron chi connectivity index (χ1n) is 7.14. The Hall–Kier alpha value is -0.0800. The summed E-state index contributed by atoms with van der Waals surface area (Å²) in [4.78, 5) is 2.65. The molecule has 0 bridgehead atoms. The van der Waals surface area contributed by atoms with Gasteiger partial charge in [0.05, 0.1) is 0 Å². The molecule has 0 saturated carbocycles. The Labute approximate surface area is 103 Å². The molecule has 2 atom stereocenters. The third kappa shape index (κ3) is 6.49.